The average molecular weight is 309 g/mol. The summed E-state index contributed by atoms with van der Waals surface area (Å²) in [5.41, 5.74) is 6.41. The summed E-state index contributed by atoms with van der Waals surface area (Å²) in [5.74, 6) is 3.00. The smallest absolute Gasteiger partial charge is 0.166 e. The number of hydrogen-bond acceptors (Lipinski definition) is 6. The third-order valence-corrected chi connectivity index (χ3v) is 4.51. The molecule has 0 spiro atoms. The minimum absolute atomic E-state index is 0.185. The molecule has 3 aromatic rings. The molecule has 3 aromatic heterocycles. The van der Waals surface area contributed by atoms with E-state index >= 15 is 0 Å². The SMILES string of the molecule is C[C@@H]1CCN(c2ncnc3nc(N)ccc23)[C@H](c2ccco2)C1. The average Bonchev–Trinajstić information content (AvgIpc) is 3.08. The van der Waals surface area contributed by atoms with E-state index in [2.05, 4.69) is 26.8 Å². The Labute approximate surface area is 134 Å². The van der Waals surface area contributed by atoms with Gasteiger partial charge in [0.2, 0.25) is 0 Å². The Morgan fingerprint density at radius 1 is 1.26 bits per heavy atom. The van der Waals surface area contributed by atoms with Gasteiger partial charge >= 0.3 is 0 Å². The highest BCUT2D eigenvalue weighted by Gasteiger charge is 2.31. The molecule has 1 aliphatic rings. The Kier molecular flexibility index (Phi) is 3.37. The molecule has 0 unspecified atom stereocenters. The Morgan fingerprint density at radius 2 is 2.17 bits per heavy atom. The fourth-order valence-electron chi connectivity index (χ4n) is 3.32. The number of nitrogen functional groups attached to an aromatic ring is 1. The van der Waals surface area contributed by atoms with Crippen molar-refractivity contribution in [3.8, 4) is 0 Å². The van der Waals surface area contributed by atoms with Gasteiger partial charge < -0.3 is 15.1 Å². The number of furan rings is 1. The molecular weight excluding hydrogens is 290 g/mol. The number of aromatic nitrogens is 3. The van der Waals surface area contributed by atoms with Gasteiger partial charge in [0, 0.05) is 6.54 Å². The summed E-state index contributed by atoms with van der Waals surface area (Å²) in [5, 5.41) is 0.924. The Balaban J connectivity index is 1.81. The van der Waals surface area contributed by atoms with E-state index in [4.69, 9.17) is 10.2 Å². The normalized spacial score (nSPS) is 21.7. The molecule has 0 aromatic carbocycles. The van der Waals surface area contributed by atoms with Crippen LogP contribution < -0.4 is 10.6 Å². The van der Waals surface area contributed by atoms with Crippen molar-refractivity contribution in [3.63, 3.8) is 0 Å². The second kappa shape index (κ2) is 5.53. The minimum Gasteiger partial charge on any atom is -0.467 e. The summed E-state index contributed by atoms with van der Waals surface area (Å²) < 4.78 is 5.68. The van der Waals surface area contributed by atoms with Crippen LogP contribution in [0, 0.1) is 5.92 Å². The predicted molar refractivity (Wildman–Crippen MR) is 88.9 cm³/mol. The lowest BCUT2D eigenvalue weighted by Crippen LogP contribution is -2.36. The van der Waals surface area contributed by atoms with Gasteiger partial charge in [-0.1, -0.05) is 6.92 Å². The van der Waals surface area contributed by atoms with Crippen LogP contribution in [0.1, 0.15) is 31.6 Å². The van der Waals surface area contributed by atoms with Gasteiger partial charge in [-0.2, -0.15) is 0 Å². The van der Waals surface area contributed by atoms with Gasteiger partial charge in [-0.05, 0) is 43.0 Å². The zero-order chi connectivity index (χ0) is 15.8. The molecule has 2 N–H and O–H groups in total. The lowest BCUT2D eigenvalue weighted by Gasteiger charge is -2.38. The van der Waals surface area contributed by atoms with Gasteiger partial charge in [0.05, 0.1) is 17.7 Å². The number of fused-ring (bicyclic) bond motifs is 1. The van der Waals surface area contributed by atoms with Crippen LogP contribution in [-0.4, -0.2) is 21.5 Å². The molecule has 1 aliphatic heterocycles. The van der Waals surface area contributed by atoms with Gasteiger partial charge in [0.25, 0.3) is 0 Å². The van der Waals surface area contributed by atoms with Crippen molar-refractivity contribution in [2.45, 2.75) is 25.8 Å². The Morgan fingerprint density at radius 3 is 3.00 bits per heavy atom. The van der Waals surface area contributed by atoms with Crippen LogP contribution in [0.3, 0.4) is 0 Å². The summed E-state index contributed by atoms with van der Waals surface area (Å²) >= 11 is 0. The van der Waals surface area contributed by atoms with Gasteiger partial charge in [0.1, 0.15) is 23.7 Å². The molecule has 6 nitrogen and oxygen atoms in total. The number of rotatable bonds is 2. The molecule has 0 saturated carbocycles. The van der Waals surface area contributed by atoms with Gasteiger partial charge in [-0.3, -0.25) is 0 Å². The second-order valence-electron chi connectivity index (χ2n) is 6.16. The number of anilines is 2. The molecule has 0 amide bonds. The first-order valence-corrected chi connectivity index (χ1v) is 7.89. The van der Waals surface area contributed by atoms with Crippen molar-refractivity contribution in [2.75, 3.05) is 17.2 Å². The molecule has 1 fully saturated rings. The number of nitrogens with two attached hydrogens (primary N) is 1. The van der Waals surface area contributed by atoms with Crippen LogP contribution in [0.5, 0.6) is 0 Å². The topological polar surface area (TPSA) is 81.1 Å². The highest BCUT2D eigenvalue weighted by molar-refractivity contribution is 5.87. The third-order valence-electron chi connectivity index (χ3n) is 4.51. The Hall–Kier alpha value is -2.63. The van der Waals surface area contributed by atoms with Gasteiger partial charge in [0.15, 0.2) is 5.65 Å². The monoisotopic (exact) mass is 309 g/mol. The van der Waals surface area contributed by atoms with Crippen LogP contribution in [0.25, 0.3) is 11.0 Å². The van der Waals surface area contributed by atoms with Gasteiger partial charge in [-0.25, -0.2) is 15.0 Å². The quantitative estimate of drug-likeness (QED) is 0.783. The van der Waals surface area contributed by atoms with E-state index in [9.17, 15) is 0 Å². The summed E-state index contributed by atoms with van der Waals surface area (Å²) in [4.78, 5) is 15.4. The van der Waals surface area contributed by atoms with Crippen molar-refractivity contribution in [1.82, 2.24) is 15.0 Å². The van der Waals surface area contributed by atoms with Gasteiger partial charge in [-0.15, -0.1) is 0 Å². The van der Waals surface area contributed by atoms with Crippen molar-refractivity contribution < 1.29 is 4.42 Å². The van der Waals surface area contributed by atoms with E-state index in [1.165, 1.54) is 0 Å². The van der Waals surface area contributed by atoms with Crippen LogP contribution >= 0.6 is 0 Å². The first-order chi connectivity index (χ1) is 11.2. The number of nitrogens with zero attached hydrogens (tertiary/aromatic N) is 4. The molecule has 0 aliphatic carbocycles. The zero-order valence-corrected chi connectivity index (χ0v) is 13.0. The van der Waals surface area contributed by atoms with E-state index in [-0.39, 0.29) is 6.04 Å². The standard InChI is InChI=1S/C17H19N5O/c1-11-6-7-22(13(9-11)14-3-2-8-23-14)17-12-4-5-15(18)21-16(12)19-10-20-17/h2-5,8,10-11,13H,6-7,9H2,1H3,(H2,18,19,20,21)/t11-,13+/m1/s1. The first kappa shape index (κ1) is 14.0. The number of hydrogen-bond donors (Lipinski definition) is 1. The maximum Gasteiger partial charge on any atom is 0.166 e. The molecule has 4 heterocycles. The lowest BCUT2D eigenvalue weighted by molar-refractivity contribution is 0.327. The van der Waals surface area contributed by atoms with E-state index in [0.717, 1.165) is 36.4 Å². The molecule has 0 bridgehead atoms. The Bertz CT molecular complexity index is 817. The maximum atomic E-state index is 5.77. The minimum atomic E-state index is 0.185. The van der Waals surface area contributed by atoms with E-state index in [1.54, 1.807) is 18.7 Å². The number of piperidine rings is 1. The molecule has 23 heavy (non-hydrogen) atoms. The fourth-order valence-corrected chi connectivity index (χ4v) is 3.32. The van der Waals surface area contributed by atoms with Crippen LogP contribution in [-0.2, 0) is 0 Å². The molecule has 1 saturated heterocycles. The van der Waals surface area contributed by atoms with E-state index in [0.29, 0.717) is 17.4 Å². The van der Waals surface area contributed by atoms with Crippen LogP contribution in [0.2, 0.25) is 0 Å². The second-order valence-corrected chi connectivity index (χ2v) is 6.16. The van der Waals surface area contributed by atoms with Crippen molar-refractivity contribution in [3.05, 3.63) is 42.6 Å². The molecule has 0 radical (unpaired) electrons. The lowest BCUT2D eigenvalue weighted by atomic mass is 9.91. The van der Waals surface area contributed by atoms with Crippen molar-refractivity contribution in [2.24, 2.45) is 5.92 Å². The zero-order valence-electron chi connectivity index (χ0n) is 13.0. The molecule has 6 heteroatoms. The van der Waals surface area contributed by atoms with E-state index in [1.807, 2.05) is 18.2 Å². The fraction of sp³-hybridized carbons (Fsp3) is 0.353. The largest absolute Gasteiger partial charge is 0.467 e. The van der Waals surface area contributed by atoms with Crippen molar-refractivity contribution >= 4 is 22.7 Å². The highest BCUT2D eigenvalue weighted by Crippen LogP contribution is 2.38. The maximum absolute atomic E-state index is 5.77. The molecule has 4 rings (SSSR count). The molecular formula is C17H19N5O. The third kappa shape index (κ3) is 2.50. The van der Waals surface area contributed by atoms with Crippen LogP contribution in [0.15, 0.2) is 41.3 Å². The summed E-state index contributed by atoms with van der Waals surface area (Å²) in [7, 11) is 0. The summed E-state index contributed by atoms with van der Waals surface area (Å²) in [6.07, 6.45) is 5.46. The molecule has 2 atom stereocenters. The highest BCUT2D eigenvalue weighted by atomic mass is 16.3. The summed E-state index contributed by atoms with van der Waals surface area (Å²) in [6.45, 7) is 3.22. The van der Waals surface area contributed by atoms with E-state index < -0.39 is 0 Å². The first-order valence-electron chi connectivity index (χ1n) is 7.89. The van der Waals surface area contributed by atoms with Crippen molar-refractivity contribution in [1.29, 1.82) is 0 Å². The summed E-state index contributed by atoms with van der Waals surface area (Å²) in [6, 6.07) is 7.90. The number of pyridine rings is 1. The predicted octanol–water partition coefficient (Wildman–Crippen LogP) is 3.18. The van der Waals surface area contributed by atoms with Crippen LogP contribution in [0.4, 0.5) is 11.6 Å². The molecule has 118 valence electrons.